The normalized spacial score (nSPS) is 17.3. The minimum absolute atomic E-state index is 0.287. The zero-order valence-corrected chi connectivity index (χ0v) is 13.3. The molecule has 2 rings (SSSR count). The standard InChI is InChI=1S/C17H25NO3/c1-5-6-13-7-9-14(10-8-13)17(20)11-18(12-17)15(19)21-16(2,3)4/h7-10,20H,5-6,11-12H2,1-4H3. The van der Waals surface area contributed by atoms with Crippen LogP contribution in [0.25, 0.3) is 0 Å². The molecule has 0 atom stereocenters. The number of β-amino-alcohol motifs (C(OH)–C–C–N with tert-alkyl or cyclic N) is 1. The number of nitrogens with zero attached hydrogens (tertiary/aromatic N) is 1. The average molecular weight is 291 g/mol. The van der Waals surface area contributed by atoms with Gasteiger partial charge in [-0.1, -0.05) is 37.6 Å². The lowest BCUT2D eigenvalue weighted by Crippen LogP contribution is -2.61. The van der Waals surface area contributed by atoms with Crippen molar-refractivity contribution in [2.24, 2.45) is 0 Å². The van der Waals surface area contributed by atoms with Crippen LogP contribution in [0, 0.1) is 0 Å². The van der Waals surface area contributed by atoms with Gasteiger partial charge in [-0.3, -0.25) is 0 Å². The van der Waals surface area contributed by atoms with Gasteiger partial charge in [0.25, 0.3) is 0 Å². The third-order valence-electron chi connectivity index (χ3n) is 3.59. The maximum absolute atomic E-state index is 11.9. The Balaban J connectivity index is 1.96. The molecular formula is C17H25NO3. The molecule has 1 aliphatic heterocycles. The molecule has 1 heterocycles. The van der Waals surface area contributed by atoms with Gasteiger partial charge in [0.15, 0.2) is 0 Å². The van der Waals surface area contributed by atoms with Crippen molar-refractivity contribution >= 4 is 6.09 Å². The highest BCUT2D eigenvalue weighted by Crippen LogP contribution is 2.33. The minimum Gasteiger partial charge on any atom is -0.444 e. The van der Waals surface area contributed by atoms with Gasteiger partial charge in [0.2, 0.25) is 0 Å². The Morgan fingerprint density at radius 1 is 1.29 bits per heavy atom. The highest BCUT2D eigenvalue weighted by molar-refractivity contribution is 5.70. The van der Waals surface area contributed by atoms with Crippen LogP contribution < -0.4 is 0 Å². The highest BCUT2D eigenvalue weighted by atomic mass is 16.6. The molecular weight excluding hydrogens is 266 g/mol. The van der Waals surface area contributed by atoms with Gasteiger partial charge in [-0.2, -0.15) is 0 Å². The van der Waals surface area contributed by atoms with Crippen molar-refractivity contribution in [3.8, 4) is 0 Å². The molecule has 1 saturated heterocycles. The van der Waals surface area contributed by atoms with Crippen molar-refractivity contribution < 1.29 is 14.6 Å². The van der Waals surface area contributed by atoms with Crippen molar-refractivity contribution in [2.75, 3.05) is 13.1 Å². The Kier molecular flexibility index (Phi) is 4.28. The van der Waals surface area contributed by atoms with E-state index in [1.807, 2.05) is 45.0 Å². The van der Waals surface area contributed by atoms with E-state index in [0.717, 1.165) is 18.4 Å². The first-order chi connectivity index (χ1) is 9.73. The van der Waals surface area contributed by atoms with Gasteiger partial charge in [0, 0.05) is 0 Å². The van der Waals surface area contributed by atoms with E-state index in [-0.39, 0.29) is 19.2 Å². The molecule has 4 heteroatoms. The Hall–Kier alpha value is -1.55. The average Bonchev–Trinajstić information content (AvgIpc) is 2.34. The predicted octanol–water partition coefficient (Wildman–Crippen LogP) is 3.08. The van der Waals surface area contributed by atoms with Crippen molar-refractivity contribution in [1.29, 1.82) is 0 Å². The van der Waals surface area contributed by atoms with E-state index < -0.39 is 11.2 Å². The number of hydrogen-bond donors (Lipinski definition) is 1. The van der Waals surface area contributed by atoms with E-state index in [1.54, 1.807) is 0 Å². The van der Waals surface area contributed by atoms with Gasteiger partial charge in [-0.25, -0.2) is 4.79 Å². The number of carbonyl (C=O) groups is 1. The van der Waals surface area contributed by atoms with Crippen LogP contribution in [0.2, 0.25) is 0 Å². The summed E-state index contributed by atoms with van der Waals surface area (Å²) in [7, 11) is 0. The molecule has 1 aromatic rings. The number of rotatable bonds is 3. The molecule has 116 valence electrons. The highest BCUT2D eigenvalue weighted by Gasteiger charge is 2.46. The first-order valence-corrected chi connectivity index (χ1v) is 7.53. The molecule has 4 nitrogen and oxygen atoms in total. The maximum atomic E-state index is 11.9. The number of aliphatic hydroxyl groups is 1. The van der Waals surface area contributed by atoms with Crippen LogP contribution in [0.3, 0.4) is 0 Å². The van der Waals surface area contributed by atoms with Crippen LogP contribution in [-0.4, -0.2) is 34.8 Å². The molecule has 0 unspecified atom stereocenters. The number of likely N-dealkylation sites (tertiary alicyclic amines) is 1. The third-order valence-corrected chi connectivity index (χ3v) is 3.59. The van der Waals surface area contributed by atoms with Gasteiger partial charge in [-0.15, -0.1) is 0 Å². The topological polar surface area (TPSA) is 49.8 Å². The summed E-state index contributed by atoms with van der Waals surface area (Å²) in [6.07, 6.45) is 1.79. The summed E-state index contributed by atoms with van der Waals surface area (Å²) in [6, 6.07) is 8.01. The molecule has 0 saturated carbocycles. The SMILES string of the molecule is CCCc1ccc(C2(O)CN(C(=O)OC(C)(C)C)C2)cc1. The third kappa shape index (κ3) is 3.76. The first kappa shape index (κ1) is 15.8. The summed E-state index contributed by atoms with van der Waals surface area (Å²) in [5, 5.41) is 10.6. The Bertz CT molecular complexity index is 496. The van der Waals surface area contributed by atoms with E-state index in [9.17, 15) is 9.90 Å². The molecule has 21 heavy (non-hydrogen) atoms. The van der Waals surface area contributed by atoms with Crippen molar-refractivity contribution in [1.82, 2.24) is 4.90 Å². The molecule has 1 aromatic carbocycles. The van der Waals surface area contributed by atoms with E-state index in [4.69, 9.17) is 4.74 Å². The fourth-order valence-electron chi connectivity index (χ4n) is 2.49. The van der Waals surface area contributed by atoms with Crippen molar-refractivity contribution in [3.63, 3.8) is 0 Å². The molecule has 1 N–H and O–H groups in total. The van der Waals surface area contributed by atoms with Crippen molar-refractivity contribution in [2.45, 2.75) is 51.7 Å². The second kappa shape index (κ2) is 5.68. The van der Waals surface area contributed by atoms with E-state index in [2.05, 4.69) is 6.92 Å². The zero-order chi connectivity index (χ0) is 15.7. The van der Waals surface area contributed by atoms with Gasteiger partial charge in [0.1, 0.15) is 11.2 Å². The number of benzene rings is 1. The van der Waals surface area contributed by atoms with Crippen LogP contribution in [-0.2, 0) is 16.8 Å². The second-order valence-corrected chi connectivity index (χ2v) is 6.81. The Morgan fingerprint density at radius 2 is 1.86 bits per heavy atom. The summed E-state index contributed by atoms with van der Waals surface area (Å²) >= 11 is 0. The van der Waals surface area contributed by atoms with Crippen LogP contribution in [0.15, 0.2) is 24.3 Å². The van der Waals surface area contributed by atoms with Gasteiger partial charge < -0.3 is 14.7 Å². The molecule has 1 amide bonds. The Labute approximate surface area is 126 Å². The quantitative estimate of drug-likeness (QED) is 0.931. The first-order valence-electron chi connectivity index (χ1n) is 7.53. The number of ether oxygens (including phenoxy) is 1. The summed E-state index contributed by atoms with van der Waals surface area (Å²) in [5.41, 5.74) is 0.684. The van der Waals surface area contributed by atoms with E-state index in [1.165, 1.54) is 10.5 Å². The zero-order valence-electron chi connectivity index (χ0n) is 13.3. The summed E-state index contributed by atoms with van der Waals surface area (Å²) in [6.45, 7) is 8.23. The lowest BCUT2D eigenvalue weighted by Gasteiger charge is -2.46. The van der Waals surface area contributed by atoms with Crippen molar-refractivity contribution in [3.05, 3.63) is 35.4 Å². The molecule has 0 aliphatic carbocycles. The number of amides is 1. The number of hydrogen-bond acceptors (Lipinski definition) is 3. The predicted molar refractivity (Wildman–Crippen MR) is 82.1 cm³/mol. The monoisotopic (exact) mass is 291 g/mol. The second-order valence-electron chi connectivity index (χ2n) is 6.81. The molecule has 0 aromatic heterocycles. The van der Waals surface area contributed by atoms with Crippen LogP contribution in [0.1, 0.15) is 45.2 Å². The fourth-order valence-corrected chi connectivity index (χ4v) is 2.49. The van der Waals surface area contributed by atoms with E-state index >= 15 is 0 Å². The maximum Gasteiger partial charge on any atom is 0.410 e. The van der Waals surface area contributed by atoms with E-state index in [0.29, 0.717) is 0 Å². The molecule has 1 fully saturated rings. The van der Waals surface area contributed by atoms with Crippen LogP contribution in [0.5, 0.6) is 0 Å². The molecule has 1 aliphatic rings. The number of carbonyl (C=O) groups excluding carboxylic acids is 1. The summed E-state index contributed by atoms with van der Waals surface area (Å²) in [5.74, 6) is 0. The smallest absolute Gasteiger partial charge is 0.410 e. The molecule has 0 bridgehead atoms. The van der Waals surface area contributed by atoms with Crippen LogP contribution >= 0.6 is 0 Å². The molecule has 0 spiro atoms. The number of aryl methyl sites for hydroxylation is 1. The van der Waals surface area contributed by atoms with Crippen LogP contribution in [0.4, 0.5) is 4.79 Å². The summed E-state index contributed by atoms with van der Waals surface area (Å²) in [4.78, 5) is 13.4. The largest absolute Gasteiger partial charge is 0.444 e. The Morgan fingerprint density at radius 3 is 2.33 bits per heavy atom. The molecule has 0 radical (unpaired) electrons. The van der Waals surface area contributed by atoms with Gasteiger partial charge in [-0.05, 0) is 38.3 Å². The minimum atomic E-state index is -0.943. The lowest BCUT2D eigenvalue weighted by atomic mass is 9.86. The lowest BCUT2D eigenvalue weighted by molar-refractivity contribution is -0.103. The fraction of sp³-hybridized carbons (Fsp3) is 0.588. The van der Waals surface area contributed by atoms with Gasteiger partial charge in [0.05, 0.1) is 13.1 Å². The summed E-state index contributed by atoms with van der Waals surface area (Å²) < 4.78 is 5.30. The van der Waals surface area contributed by atoms with Gasteiger partial charge >= 0.3 is 6.09 Å².